The number of hydrogen-bond acceptors (Lipinski definition) is 3. The molecule has 0 bridgehead atoms. The molecule has 0 aromatic carbocycles. The Bertz CT molecular complexity index is 76.8. The molecule has 0 aromatic heterocycles. The normalized spacial score (nSPS) is 13.4. The van der Waals surface area contributed by atoms with Crippen molar-refractivity contribution in [2.24, 2.45) is 0 Å². The van der Waals surface area contributed by atoms with Gasteiger partial charge in [-0.25, -0.2) is 5.11 Å². The van der Waals surface area contributed by atoms with Crippen molar-refractivity contribution in [3.05, 3.63) is 0 Å². The van der Waals surface area contributed by atoms with Crippen molar-refractivity contribution in [2.75, 3.05) is 34.0 Å². The van der Waals surface area contributed by atoms with Crippen molar-refractivity contribution in [2.45, 2.75) is 12.7 Å². The SMILES string of the molecule is COCCOCCC([O])OC. The molecule has 0 heterocycles. The van der Waals surface area contributed by atoms with Crippen LogP contribution in [0.4, 0.5) is 0 Å². The molecule has 0 amide bonds. The van der Waals surface area contributed by atoms with E-state index in [-0.39, 0.29) is 0 Å². The maximum atomic E-state index is 10.6. The van der Waals surface area contributed by atoms with Crippen LogP contribution in [0.1, 0.15) is 6.42 Å². The molecule has 0 aliphatic rings. The Morgan fingerprint density at radius 1 is 1.18 bits per heavy atom. The average Bonchev–Trinajstić information content (AvgIpc) is 2.04. The molecule has 0 N–H and O–H groups in total. The average molecular weight is 163 g/mol. The lowest BCUT2D eigenvalue weighted by Crippen LogP contribution is -2.12. The maximum Gasteiger partial charge on any atom is 0.193 e. The summed E-state index contributed by atoms with van der Waals surface area (Å²) in [5.41, 5.74) is 0. The molecule has 1 unspecified atom stereocenters. The smallest absolute Gasteiger partial charge is 0.193 e. The van der Waals surface area contributed by atoms with Crippen LogP contribution in [0.25, 0.3) is 0 Å². The molecule has 0 aliphatic heterocycles. The van der Waals surface area contributed by atoms with Gasteiger partial charge in [0.1, 0.15) is 0 Å². The zero-order valence-electron chi connectivity index (χ0n) is 7.04. The van der Waals surface area contributed by atoms with Gasteiger partial charge in [0.05, 0.1) is 19.8 Å². The summed E-state index contributed by atoms with van der Waals surface area (Å²) in [4.78, 5) is 0. The minimum absolute atomic E-state index is 0.389. The molecule has 4 nitrogen and oxygen atoms in total. The zero-order valence-corrected chi connectivity index (χ0v) is 7.04. The van der Waals surface area contributed by atoms with Gasteiger partial charge in [0, 0.05) is 20.6 Å². The summed E-state index contributed by atoms with van der Waals surface area (Å²) in [6, 6.07) is 0. The van der Waals surface area contributed by atoms with Crippen molar-refractivity contribution in [3.8, 4) is 0 Å². The molecule has 1 radical (unpaired) electrons. The molecule has 0 aliphatic carbocycles. The van der Waals surface area contributed by atoms with Crippen LogP contribution in [0.15, 0.2) is 0 Å². The predicted octanol–water partition coefficient (Wildman–Crippen LogP) is 0.442. The van der Waals surface area contributed by atoms with Crippen molar-refractivity contribution < 1.29 is 19.3 Å². The first-order chi connectivity index (χ1) is 5.31. The molecule has 0 rings (SSSR count). The Labute approximate surface area is 67.1 Å². The predicted molar refractivity (Wildman–Crippen MR) is 38.8 cm³/mol. The van der Waals surface area contributed by atoms with Crippen LogP contribution in [0.3, 0.4) is 0 Å². The van der Waals surface area contributed by atoms with Gasteiger partial charge in [-0.15, -0.1) is 0 Å². The number of methoxy groups -OCH3 is 2. The minimum atomic E-state index is -0.961. The molecule has 0 saturated heterocycles. The second kappa shape index (κ2) is 7.94. The third kappa shape index (κ3) is 7.74. The molecular formula is C7H15O4. The summed E-state index contributed by atoms with van der Waals surface area (Å²) in [7, 11) is 3.00. The fourth-order valence-corrected chi connectivity index (χ4v) is 0.542. The van der Waals surface area contributed by atoms with E-state index in [9.17, 15) is 5.11 Å². The molecule has 1 atom stereocenters. The van der Waals surface area contributed by atoms with Crippen molar-refractivity contribution in [1.29, 1.82) is 0 Å². The van der Waals surface area contributed by atoms with Crippen molar-refractivity contribution in [1.82, 2.24) is 0 Å². The lowest BCUT2D eigenvalue weighted by molar-refractivity contribution is -0.132. The highest BCUT2D eigenvalue weighted by Gasteiger charge is 2.01. The number of rotatable bonds is 7. The minimum Gasteiger partial charge on any atom is -0.382 e. The third-order valence-electron chi connectivity index (χ3n) is 1.19. The monoisotopic (exact) mass is 163 g/mol. The molecule has 0 aromatic rings. The second-order valence-electron chi connectivity index (χ2n) is 2.06. The van der Waals surface area contributed by atoms with E-state index in [0.717, 1.165) is 0 Å². The van der Waals surface area contributed by atoms with E-state index in [1.54, 1.807) is 7.11 Å². The van der Waals surface area contributed by atoms with Crippen molar-refractivity contribution in [3.63, 3.8) is 0 Å². The van der Waals surface area contributed by atoms with Crippen LogP contribution in [0, 0.1) is 0 Å². The van der Waals surface area contributed by atoms with E-state index in [4.69, 9.17) is 9.47 Å². The first-order valence-electron chi connectivity index (χ1n) is 3.56. The molecule has 67 valence electrons. The van der Waals surface area contributed by atoms with E-state index in [1.165, 1.54) is 7.11 Å². The molecule has 4 heteroatoms. The third-order valence-corrected chi connectivity index (χ3v) is 1.19. The van der Waals surface area contributed by atoms with Gasteiger partial charge >= 0.3 is 0 Å². The summed E-state index contributed by atoms with van der Waals surface area (Å²) in [6.45, 7) is 1.54. The van der Waals surface area contributed by atoms with E-state index in [2.05, 4.69) is 4.74 Å². The summed E-state index contributed by atoms with van der Waals surface area (Å²) < 4.78 is 14.3. The van der Waals surface area contributed by atoms with Crippen LogP contribution in [0.2, 0.25) is 0 Å². The van der Waals surface area contributed by atoms with E-state index in [0.29, 0.717) is 26.2 Å². The second-order valence-corrected chi connectivity index (χ2v) is 2.06. The first-order valence-corrected chi connectivity index (χ1v) is 3.56. The highest BCUT2D eigenvalue weighted by molar-refractivity contribution is 4.38. The van der Waals surface area contributed by atoms with Gasteiger partial charge in [0.15, 0.2) is 6.29 Å². The van der Waals surface area contributed by atoms with Gasteiger partial charge in [-0.1, -0.05) is 0 Å². The Kier molecular flexibility index (Phi) is 7.83. The van der Waals surface area contributed by atoms with Gasteiger partial charge in [-0.2, -0.15) is 0 Å². The Balaban J connectivity index is 2.89. The van der Waals surface area contributed by atoms with Crippen LogP contribution < -0.4 is 0 Å². The Morgan fingerprint density at radius 3 is 2.45 bits per heavy atom. The van der Waals surface area contributed by atoms with E-state index in [1.807, 2.05) is 0 Å². The molecule has 0 fully saturated rings. The highest BCUT2D eigenvalue weighted by Crippen LogP contribution is 1.92. The largest absolute Gasteiger partial charge is 0.382 e. The molecule has 0 saturated carbocycles. The zero-order chi connectivity index (χ0) is 8.53. The van der Waals surface area contributed by atoms with Crippen LogP contribution >= 0.6 is 0 Å². The number of hydrogen-bond donors (Lipinski definition) is 0. The lowest BCUT2D eigenvalue weighted by atomic mass is 10.4. The van der Waals surface area contributed by atoms with E-state index < -0.39 is 6.29 Å². The molecule has 11 heavy (non-hydrogen) atoms. The topological polar surface area (TPSA) is 47.6 Å². The van der Waals surface area contributed by atoms with E-state index >= 15 is 0 Å². The van der Waals surface area contributed by atoms with Gasteiger partial charge in [-0.05, 0) is 0 Å². The van der Waals surface area contributed by atoms with Crippen LogP contribution in [0.5, 0.6) is 0 Å². The van der Waals surface area contributed by atoms with Gasteiger partial charge in [-0.3, -0.25) is 0 Å². The Hall–Kier alpha value is -0.160. The quantitative estimate of drug-likeness (QED) is 0.404. The summed E-state index contributed by atoms with van der Waals surface area (Å²) in [6.07, 6.45) is -0.572. The summed E-state index contributed by atoms with van der Waals surface area (Å²) in [5, 5.41) is 10.6. The molecule has 0 spiro atoms. The van der Waals surface area contributed by atoms with Crippen molar-refractivity contribution >= 4 is 0 Å². The Morgan fingerprint density at radius 2 is 1.91 bits per heavy atom. The van der Waals surface area contributed by atoms with Gasteiger partial charge in [0.2, 0.25) is 0 Å². The maximum absolute atomic E-state index is 10.6. The molecular weight excluding hydrogens is 148 g/mol. The first kappa shape index (κ1) is 10.8. The highest BCUT2D eigenvalue weighted by atomic mass is 16.6. The lowest BCUT2D eigenvalue weighted by Gasteiger charge is -2.05. The standard InChI is InChI=1S/C7H15O4/c1-9-5-6-11-4-3-7(8)10-2/h7H,3-6H2,1-2H3. The van der Waals surface area contributed by atoms with Gasteiger partial charge < -0.3 is 14.2 Å². The van der Waals surface area contributed by atoms with Gasteiger partial charge in [0.25, 0.3) is 0 Å². The number of ether oxygens (including phenoxy) is 3. The fraction of sp³-hybridized carbons (Fsp3) is 1.00. The van der Waals surface area contributed by atoms with Crippen LogP contribution in [-0.2, 0) is 19.3 Å². The summed E-state index contributed by atoms with van der Waals surface area (Å²) in [5.74, 6) is 0. The van der Waals surface area contributed by atoms with Crippen LogP contribution in [-0.4, -0.2) is 40.3 Å². The summed E-state index contributed by atoms with van der Waals surface area (Å²) >= 11 is 0. The fourth-order valence-electron chi connectivity index (χ4n) is 0.542.